The van der Waals surface area contributed by atoms with Crippen molar-refractivity contribution in [1.82, 2.24) is 19.9 Å². The third-order valence-corrected chi connectivity index (χ3v) is 3.67. The van der Waals surface area contributed by atoms with Crippen LogP contribution in [0.1, 0.15) is 11.4 Å². The minimum absolute atomic E-state index is 0.132. The zero-order valence-electron chi connectivity index (χ0n) is 12.9. The Morgan fingerprint density at radius 3 is 2.48 bits per heavy atom. The highest BCUT2D eigenvalue weighted by Gasteiger charge is 2.08. The Hall–Kier alpha value is -2.50. The number of rotatable bonds is 7. The number of hydrogen-bond donors (Lipinski definition) is 2. The fourth-order valence-corrected chi connectivity index (χ4v) is 2.52. The molecule has 5 heteroatoms. The number of pyridine rings is 1. The predicted octanol–water partition coefficient (Wildman–Crippen LogP) is 2.47. The summed E-state index contributed by atoms with van der Waals surface area (Å²) in [5, 5.41) is 9.26. The van der Waals surface area contributed by atoms with Crippen LogP contribution in [0.3, 0.4) is 0 Å². The number of nitrogens with zero attached hydrogens (tertiary/aromatic N) is 3. The lowest BCUT2D eigenvalue weighted by molar-refractivity contribution is 0.181. The first kappa shape index (κ1) is 15.4. The molecule has 0 radical (unpaired) electrons. The zero-order valence-corrected chi connectivity index (χ0v) is 12.9. The molecule has 0 saturated carbocycles. The average molecular weight is 308 g/mol. The predicted molar refractivity (Wildman–Crippen MR) is 89.5 cm³/mol. The normalized spacial score (nSPS) is 11.0. The van der Waals surface area contributed by atoms with E-state index in [9.17, 15) is 5.11 Å². The van der Waals surface area contributed by atoms with Gasteiger partial charge in [-0.3, -0.25) is 9.88 Å². The smallest absolute Gasteiger partial charge is 0.120 e. The van der Waals surface area contributed by atoms with Crippen molar-refractivity contribution >= 4 is 0 Å². The fourth-order valence-electron chi connectivity index (χ4n) is 2.52. The van der Waals surface area contributed by atoms with Crippen LogP contribution in [0.5, 0.6) is 0 Å². The number of H-pyrrole nitrogens is 1. The van der Waals surface area contributed by atoms with Crippen molar-refractivity contribution < 1.29 is 5.11 Å². The fraction of sp³-hybridized carbons (Fsp3) is 0.222. The number of aliphatic hydroxyl groups excluding tert-OH is 1. The molecule has 118 valence electrons. The van der Waals surface area contributed by atoms with E-state index in [0.717, 1.165) is 23.6 Å². The molecule has 2 heterocycles. The molecule has 3 aromatic rings. The Morgan fingerprint density at radius 1 is 0.957 bits per heavy atom. The van der Waals surface area contributed by atoms with Gasteiger partial charge in [-0.05, 0) is 17.7 Å². The highest BCUT2D eigenvalue weighted by Crippen LogP contribution is 2.18. The monoisotopic (exact) mass is 308 g/mol. The first-order valence-corrected chi connectivity index (χ1v) is 7.67. The molecule has 0 aliphatic carbocycles. The van der Waals surface area contributed by atoms with Crippen LogP contribution in [-0.4, -0.2) is 38.1 Å². The Labute approximate surface area is 135 Å². The number of imidazole rings is 1. The van der Waals surface area contributed by atoms with Crippen LogP contribution in [-0.2, 0) is 13.1 Å². The number of aromatic nitrogens is 3. The number of aromatic amines is 1. The van der Waals surface area contributed by atoms with Crippen molar-refractivity contribution in [2.75, 3.05) is 13.2 Å². The third-order valence-electron chi connectivity index (χ3n) is 3.67. The number of benzene rings is 1. The van der Waals surface area contributed by atoms with Crippen molar-refractivity contribution in [2.24, 2.45) is 0 Å². The van der Waals surface area contributed by atoms with Crippen LogP contribution in [0.25, 0.3) is 11.3 Å². The Morgan fingerprint density at radius 2 is 1.83 bits per heavy atom. The van der Waals surface area contributed by atoms with Gasteiger partial charge in [-0.2, -0.15) is 0 Å². The lowest BCUT2D eigenvalue weighted by Gasteiger charge is -2.20. The van der Waals surface area contributed by atoms with Gasteiger partial charge in [0.2, 0.25) is 0 Å². The third kappa shape index (κ3) is 4.25. The standard InChI is InChI=1S/C18H20N4O/c23-12-11-22(14-18-20-9-10-21-18)13-15-4-6-16(7-5-15)17-3-1-2-8-19-17/h1-10,23H,11-14H2,(H,20,21). The van der Waals surface area contributed by atoms with Crippen molar-refractivity contribution in [3.8, 4) is 11.3 Å². The van der Waals surface area contributed by atoms with Gasteiger partial charge in [0.1, 0.15) is 5.82 Å². The van der Waals surface area contributed by atoms with E-state index >= 15 is 0 Å². The summed E-state index contributed by atoms with van der Waals surface area (Å²) in [6.07, 6.45) is 5.36. The molecule has 0 fully saturated rings. The average Bonchev–Trinajstić information content (AvgIpc) is 3.10. The molecular formula is C18H20N4O. The molecular weight excluding hydrogens is 288 g/mol. The molecule has 0 bridgehead atoms. The summed E-state index contributed by atoms with van der Waals surface area (Å²) in [6, 6.07) is 14.3. The van der Waals surface area contributed by atoms with E-state index in [2.05, 4.69) is 44.1 Å². The SMILES string of the molecule is OCCN(Cc1ccc(-c2ccccn2)cc1)Cc1ncc[nH]1. The van der Waals surface area contributed by atoms with Crippen molar-refractivity contribution in [3.63, 3.8) is 0 Å². The second-order valence-electron chi connectivity index (χ2n) is 5.38. The number of nitrogens with one attached hydrogen (secondary N) is 1. The van der Waals surface area contributed by atoms with Gasteiger partial charge in [-0.1, -0.05) is 30.3 Å². The maximum absolute atomic E-state index is 9.26. The molecule has 0 saturated heterocycles. The van der Waals surface area contributed by atoms with E-state index in [4.69, 9.17) is 0 Å². The van der Waals surface area contributed by atoms with Gasteiger partial charge >= 0.3 is 0 Å². The summed E-state index contributed by atoms with van der Waals surface area (Å²) in [6.45, 7) is 2.20. The van der Waals surface area contributed by atoms with E-state index in [1.54, 1.807) is 12.4 Å². The van der Waals surface area contributed by atoms with E-state index < -0.39 is 0 Å². The second kappa shape index (κ2) is 7.67. The quantitative estimate of drug-likeness (QED) is 0.704. The lowest BCUT2D eigenvalue weighted by atomic mass is 10.1. The molecule has 5 nitrogen and oxygen atoms in total. The maximum atomic E-state index is 9.26. The number of aliphatic hydroxyl groups is 1. The summed E-state index contributed by atoms with van der Waals surface area (Å²) in [5.74, 6) is 0.906. The van der Waals surface area contributed by atoms with Crippen molar-refractivity contribution in [1.29, 1.82) is 0 Å². The van der Waals surface area contributed by atoms with E-state index in [1.165, 1.54) is 5.56 Å². The number of hydrogen-bond acceptors (Lipinski definition) is 4. The Balaban J connectivity index is 1.68. The Kier molecular flexibility index (Phi) is 5.13. The second-order valence-corrected chi connectivity index (χ2v) is 5.38. The van der Waals surface area contributed by atoms with Crippen LogP contribution in [0.4, 0.5) is 0 Å². The van der Waals surface area contributed by atoms with Crippen LogP contribution >= 0.6 is 0 Å². The summed E-state index contributed by atoms with van der Waals surface area (Å²) in [5.41, 5.74) is 3.28. The molecule has 1 aromatic carbocycles. The minimum Gasteiger partial charge on any atom is -0.395 e. The molecule has 2 N–H and O–H groups in total. The maximum Gasteiger partial charge on any atom is 0.120 e. The van der Waals surface area contributed by atoms with Gasteiger partial charge in [0, 0.05) is 37.2 Å². The molecule has 3 rings (SSSR count). The van der Waals surface area contributed by atoms with Gasteiger partial charge in [0.05, 0.1) is 18.8 Å². The van der Waals surface area contributed by atoms with Gasteiger partial charge in [0.25, 0.3) is 0 Å². The van der Waals surface area contributed by atoms with Crippen LogP contribution in [0.15, 0.2) is 61.1 Å². The highest BCUT2D eigenvalue weighted by molar-refractivity contribution is 5.58. The lowest BCUT2D eigenvalue weighted by Crippen LogP contribution is -2.26. The van der Waals surface area contributed by atoms with E-state index in [1.807, 2.05) is 24.4 Å². The van der Waals surface area contributed by atoms with Crippen LogP contribution in [0, 0.1) is 0 Å². The van der Waals surface area contributed by atoms with Gasteiger partial charge < -0.3 is 10.1 Å². The minimum atomic E-state index is 0.132. The van der Waals surface area contributed by atoms with Gasteiger partial charge in [0.15, 0.2) is 0 Å². The molecule has 2 aromatic heterocycles. The van der Waals surface area contributed by atoms with E-state index in [0.29, 0.717) is 13.1 Å². The molecule has 23 heavy (non-hydrogen) atoms. The molecule has 0 amide bonds. The van der Waals surface area contributed by atoms with Crippen LogP contribution in [0.2, 0.25) is 0 Å². The highest BCUT2D eigenvalue weighted by atomic mass is 16.3. The molecule has 0 spiro atoms. The van der Waals surface area contributed by atoms with Crippen molar-refractivity contribution in [3.05, 3.63) is 72.4 Å². The Bertz CT molecular complexity index is 696. The van der Waals surface area contributed by atoms with Crippen LogP contribution < -0.4 is 0 Å². The van der Waals surface area contributed by atoms with Crippen molar-refractivity contribution in [2.45, 2.75) is 13.1 Å². The van der Waals surface area contributed by atoms with E-state index in [-0.39, 0.29) is 6.61 Å². The van der Waals surface area contributed by atoms with Gasteiger partial charge in [-0.15, -0.1) is 0 Å². The zero-order chi connectivity index (χ0) is 15.9. The molecule has 0 aliphatic heterocycles. The largest absolute Gasteiger partial charge is 0.395 e. The first-order valence-electron chi connectivity index (χ1n) is 7.67. The molecule has 0 atom stereocenters. The molecule has 0 aliphatic rings. The summed E-state index contributed by atoms with van der Waals surface area (Å²) in [4.78, 5) is 13.9. The summed E-state index contributed by atoms with van der Waals surface area (Å²) >= 11 is 0. The summed E-state index contributed by atoms with van der Waals surface area (Å²) in [7, 11) is 0. The summed E-state index contributed by atoms with van der Waals surface area (Å²) < 4.78 is 0. The van der Waals surface area contributed by atoms with Gasteiger partial charge in [-0.25, -0.2) is 4.98 Å². The topological polar surface area (TPSA) is 65.0 Å². The molecule has 0 unspecified atom stereocenters. The first-order chi connectivity index (χ1) is 11.3.